The van der Waals surface area contributed by atoms with Crippen LogP contribution in [0.5, 0.6) is 5.75 Å². The van der Waals surface area contributed by atoms with E-state index in [1.807, 2.05) is 6.07 Å². The summed E-state index contributed by atoms with van der Waals surface area (Å²) in [6, 6.07) is 5.18. The number of hydrogen-bond donors (Lipinski definition) is 4. The summed E-state index contributed by atoms with van der Waals surface area (Å²) in [5.74, 6) is 0.0176. The standard InChI is InChI=1S/C15H25NO3/c1-15(2,3)10-5-6-12(17)11(9-10)14(19)13(18)7-8-16-4/h5-6,9,13-14,16-19H,7-8H2,1-4H3. The van der Waals surface area contributed by atoms with Crippen molar-refractivity contribution in [1.82, 2.24) is 5.32 Å². The summed E-state index contributed by atoms with van der Waals surface area (Å²) in [7, 11) is 1.79. The molecule has 0 aliphatic rings. The molecule has 4 nitrogen and oxygen atoms in total. The molecule has 2 unspecified atom stereocenters. The van der Waals surface area contributed by atoms with Crippen LogP contribution in [0.3, 0.4) is 0 Å². The van der Waals surface area contributed by atoms with Crippen LogP contribution in [0.1, 0.15) is 44.4 Å². The molecule has 4 heteroatoms. The molecule has 0 aliphatic carbocycles. The van der Waals surface area contributed by atoms with Crippen molar-refractivity contribution < 1.29 is 15.3 Å². The van der Waals surface area contributed by atoms with Gasteiger partial charge in [-0.25, -0.2) is 0 Å². The van der Waals surface area contributed by atoms with Gasteiger partial charge in [0.1, 0.15) is 11.9 Å². The summed E-state index contributed by atoms with van der Waals surface area (Å²) in [5.41, 5.74) is 1.33. The second-order valence-electron chi connectivity index (χ2n) is 5.93. The molecule has 4 N–H and O–H groups in total. The van der Waals surface area contributed by atoms with Crippen LogP contribution in [0.4, 0.5) is 0 Å². The lowest BCUT2D eigenvalue weighted by molar-refractivity contribution is 0.0127. The average Bonchev–Trinajstić information content (AvgIpc) is 2.34. The third kappa shape index (κ3) is 4.20. The van der Waals surface area contributed by atoms with E-state index >= 15 is 0 Å². The topological polar surface area (TPSA) is 72.7 Å². The molecule has 2 atom stereocenters. The van der Waals surface area contributed by atoms with Crippen molar-refractivity contribution in [2.45, 2.75) is 44.8 Å². The molecule has 0 radical (unpaired) electrons. The highest BCUT2D eigenvalue weighted by molar-refractivity contribution is 5.40. The Kier molecular flexibility index (Phi) is 5.35. The first-order valence-electron chi connectivity index (χ1n) is 6.61. The highest BCUT2D eigenvalue weighted by Crippen LogP contribution is 2.32. The molecule has 0 bridgehead atoms. The Hall–Kier alpha value is -1.10. The number of rotatable bonds is 5. The molecule has 19 heavy (non-hydrogen) atoms. The number of aromatic hydroxyl groups is 1. The number of aliphatic hydroxyl groups excluding tert-OH is 2. The van der Waals surface area contributed by atoms with Crippen LogP contribution in [0.25, 0.3) is 0 Å². The summed E-state index contributed by atoms with van der Waals surface area (Å²) >= 11 is 0. The summed E-state index contributed by atoms with van der Waals surface area (Å²) in [6.45, 7) is 6.80. The van der Waals surface area contributed by atoms with E-state index in [0.717, 1.165) is 5.56 Å². The van der Waals surface area contributed by atoms with E-state index < -0.39 is 12.2 Å². The van der Waals surface area contributed by atoms with Gasteiger partial charge in [0.25, 0.3) is 0 Å². The van der Waals surface area contributed by atoms with Crippen LogP contribution in [0.2, 0.25) is 0 Å². The molecule has 0 fully saturated rings. The van der Waals surface area contributed by atoms with E-state index in [0.29, 0.717) is 18.5 Å². The SMILES string of the molecule is CNCCC(O)C(O)c1cc(C(C)(C)C)ccc1O. The fraction of sp³-hybridized carbons (Fsp3) is 0.600. The van der Waals surface area contributed by atoms with Gasteiger partial charge in [0.2, 0.25) is 0 Å². The van der Waals surface area contributed by atoms with E-state index in [2.05, 4.69) is 26.1 Å². The largest absolute Gasteiger partial charge is 0.508 e. The number of phenolic OH excluding ortho intramolecular Hbond substituents is 1. The molecular formula is C15H25NO3. The zero-order valence-corrected chi connectivity index (χ0v) is 12.1. The zero-order chi connectivity index (χ0) is 14.6. The minimum atomic E-state index is -1.07. The summed E-state index contributed by atoms with van der Waals surface area (Å²) < 4.78 is 0. The van der Waals surface area contributed by atoms with Crippen molar-refractivity contribution in [3.05, 3.63) is 29.3 Å². The predicted molar refractivity (Wildman–Crippen MR) is 76.3 cm³/mol. The average molecular weight is 267 g/mol. The van der Waals surface area contributed by atoms with Crippen molar-refractivity contribution in [3.8, 4) is 5.75 Å². The molecule has 108 valence electrons. The Balaban J connectivity index is 2.98. The van der Waals surface area contributed by atoms with Crippen LogP contribution in [0.15, 0.2) is 18.2 Å². The predicted octanol–water partition coefficient (Wildman–Crippen LogP) is 1.69. The second kappa shape index (κ2) is 6.37. The maximum Gasteiger partial charge on any atom is 0.121 e. The molecule has 0 saturated carbocycles. The Bertz CT molecular complexity index is 412. The molecule has 1 aromatic rings. The number of nitrogens with one attached hydrogen (secondary N) is 1. The van der Waals surface area contributed by atoms with Crippen molar-refractivity contribution in [1.29, 1.82) is 0 Å². The fourth-order valence-corrected chi connectivity index (χ4v) is 1.92. The Morgan fingerprint density at radius 2 is 1.84 bits per heavy atom. The molecule has 0 spiro atoms. The van der Waals surface area contributed by atoms with Gasteiger partial charge in [-0.3, -0.25) is 0 Å². The first kappa shape index (κ1) is 16.0. The number of benzene rings is 1. The molecular weight excluding hydrogens is 242 g/mol. The van der Waals surface area contributed by atoms with Crippen LogP contribution < -0.4 is 5.32 Å². The van der Waals surface area contributed by atoms with Crippen molar-refractivity contribution >= 4 is 0 Å². The maximum absolute atomic E-state index is 10.1. The maximum atomic E-state index is 10.1. The van der Waals surface area contributed by atoms with Crippen molar-refractivity contribution in [2.24, 2.45) is 0 Å². The lowest BCUT2D eigenvalue weighted by Gasteiger charge is -2.23. The highest BCUT2D eigenvalue weighted by atomic mass is 16.3. The number of aliphatic hydroxyl groups is 2. The van der Waals surface area contributed by atoms with Crippen molar-refractivity contribution in [2.75, 3.05) is 13.6 Å². The summed E-state index contributed by atoms with van der Waals surface area (Å²) in [4.78, 5) is 0. The van der Waals surface area contributed by atoms with Gasteiger partial charge < -0.3 is 20.6 Å². The second-order valence-corrected chi connectivity index (χ2v) is 5.93. The Morgan fingerprint density at radius 3 is 2.37 bits per heavy atom. The Morgan fingerprint density at radius 1 is 1.21 bits per heavy atom. The van der Waals surface area contributed by atoms with Crippen LogP contribution in [-0.2, 0) is 5.41 Å². The molecule has 0 amide bonds. The quantitative estimate of drug-likeness (QED) is 0.655. The smallest absolute Gasteiger partial charge is 0.121 e. The minimum absolute atomic E-state index is 0.0176. The molecule has 0 saturated heterocycles. The molecule has 0 aliphatic heterocycles. The van der Waals surface area contributed by atoms with Gasteiger partial charge in [-0.1, -0.05) is 26.8 Å². The summed E-state index contributed by atoms with van der Waals surface area (Å²) in [6.07, 6.45) is -1.54. The Labute approximate surface area is 115 Å². The van der Waals surface area contributed by atoms with E-state index in [-0.39, 0.29) is 11.2 Å². The van der Waals surface area contributed by atoms with E-state index in [4.69, 9.17) is 0 Å². The monoisotopic (exact) mass is 267 g/mol. The van der Waals surface area contributed by atoms with E-state index in [1.165, 1.54) is 0 Å². The van der Waals surface area contributed by atoms with Gasteiger partial charge in [-0.05, 0) is 43.1 Å². The number of hydrogen-bond acceptors (Lipinski definition) is 4. The molecule has 0 aromatic heterocycles. The molecule has 1 rings (SSSR count). The normalized spacial score (nSPS) is 15.3. The van der Waals surface area contributed by atoms with E-state index in [1.54, 1.807) is 19.2 Å². The van der Waals surface area contributed by atoms with Gasteiger partial charge in [0, 0.05) is 5.56 Å². The van der Waals surface area contributed by atoms with E-state index in [9.17, 15) is 15.3 Å². The van der Waals surface area contributed by atoms with Crippen LogP contribution >= 0.6 is 0 Å². The highest BCUT2D eigenvalue weighted by Gasteiger charge is 2.23. The van der Waals surface area contributed by atoms with Crippen LogP contribution in [0, 0.1) is 0 Å². The van der Waals surface area contributed by atoms with Gasteiger partial charge >= 0.3 is 0 Å². The fourth-order valence-electron chi connectivity index (χ4n) is 1.92. The van der Waals surface area contributed by atoms with Crippen molar-refractivity contribution in [3.63, 3.8) is 0 Å². The lowest BCUT2D eigenvalue weighted by atomic mass is 9.85. The lowest BCUT2D eigenvalue weighted by Crippen LogP contribution is -2.24. The third-order valence-corrected chi connectivity index (χ3v) is 3.27. The molecule has 0 heterocycles. The minimum Gasteiger partial charge on any atom is -0.508 e. The first-order valence-corrected chi connectivity index (χ1v) is 6.61. The third-order valence-electron chi connectivity index (χ3n) is 3.27. The van der Waals surface area contributed by atoms with Gasteiger partial charge in [-0.15, -0.1) is 0 Å². The number of phenols is 1. The first-order chi connectivity index (χ1) is 8.77. The van der Waals surface area contributed by atoms with Gasteiger partial charge in [-0.2, -0.15) is 0 Å². The van der Waals surface area contributed by atoms with Crippen LogP contribution in [-0.4, -0.2) is 35.0 Å². The molecule has 1 aromatic carbocycles. The zero-order valence-electron chi connectivity index (χ0n) is 12.1. The van der Waals surface area contributed by atoms with Gasteiger partial charge in [0.15, 0.2) is 0 Å². The van der Waals surface area contributed by atoms with Gasteiger partial charge in [0.05, 0.1) is 6.10 Å². The summed E-state index contributed by atoms with van der Waals surface area (Å²) in [5, 5.41) is 32.8.